The highest BCUT2D eigenvalue weighted by atomic mass is 16.3. The van der Waals surface area contributed by atoms with Gasteiger partial charge in [-0.2, -0.15) is 0 Å². The Morgan fingerprint density at radius 2 is 1.89 bits per heavy atom. The van der Waals surface area contributed by atoms with E-state index in [1.807, 2.05) is 0 Å². The Labute approximate surface area is 114 Å². The average molecular weight is 258 g/mol. The molecule has 1 aliphatic carbocycles. The number of benzene rings is 1. The Hall–Kier alpha value is -1.32. The van der Waals surface area contributed by atoms with Crippen LogP contribution in [0, 0.1) is 5.92 Å². The number of aryl methyl sites for hydroxylation is 1. The minimum absolute atomic E-state index is 0.0820. The number of aliphatic hydroxyl groups is 1. The van der Waals surface area contributed by atoms with Crippen LogP contribution in [0.3, 0.4) is 0 Å². The molecule has 2 aromatic rings. The number of fused-ring (bicyclic) bond motifs is 1. The molecule has 1 aromatic heterocycles. The number of hydrogen-bond donors (Lipinski definition) is 2. The first-order valence-electron chi connectivity index (χ1n) is 7.14. The first-order valence-corrected chi connectivity index (χ1v) is 7.14. The van der Waals surface area contributed by atoms with E-state index in [1.165, 1.54) is 16.5 Å². The number of para-hydroxylation sites is 1. The molecule has 1 saturated carbocycles. The van der Waals surface area contributed by atoms with Crippen molar-refractivity contribution in [3.05, 3.63) is 36.0 Å². The number of nitrogens with two attached hydrogens (primary N) is 1. The molecule has 0 bridgehead atoms. The quantitative estimate of drug-likeness (QED) is 0.870. The summed E-state index contributed by atoms with van der Waals surface area (Å²) in [5, 5.41) is 10.9. The summed E-state index contributed by atoms with van der Waals surface area (Å²) in [6, 6.07) is 8.51. The van der Waals surface area contributed by atoms with Gasteiger partial charge < -0.3 is 15.4 Å². The van der Waals surface area contributed by atoms with Crippen molar-refractivity contribution < 1.29 is 5.11 Å². The van der Waals surface area contributed by atoms with E-state index in [-0.39, 0.29) is 12.1 Å². The lowest BCUT2D eigenvalue weighted by Gasteiger charge is -2.29. The summed E-state index contributed by atoms with van der Waals surface area (Å²) in [6.07, 6.45) is 5.90. The third-order valence-corrected chi connectivity index (χ3v) is 4.54. The highest BCUT2D eigenvalue weighted by Crippen LogP contribution is 2.36. The molecule has 3 rings (SSSR count). The smallest absolute Gasteiger partial charge is 0.0540 e. The van der Waals surface area contributed by atoms with Crippen molar-refractivity contribution in [3.63, 3.8) is 0 Å². The van der Waals surface area contributed by atoms with Gasteiger partial charge in [-0.3, -0.25) is 0 Å². The summed E-state index contributed by atoms with van der Waals surface area (Å²) in [6.45, 7) is 0. The van der Waals surface area contributed by atoms with Gasteiger partial charge in [0.05, 0.1) is 6.10 Å². The third kappa shape index (κ3) is 2.28. The van der Waals surface area contributed by atoms with Crippen LogP contribution in [0.5, 0.6) is 0 Å². The zero-order chi connectivity index (χ0) is 13.4. The minimum Gasteiger partial charge on any atom is -0.393 e. The molecule has 1 fully saturated rings. The lowest BCUT2D eigenvalue weighted by molar-refractivity contribution is 0.102. The van der Waals surface area contributed by atoms with Gasteiger partial charge in [0, 0.05) is 30.2 Å². The van der Waals surface area contributed by atoms with Gasteiger partial charge in [0.1, 0.15) is 0 Å². The molecule has 0 amide bonds. The van der Waals surface area contributed by atoms with Gasteiger partial charge in [0.15, 0.2) is 0 Å². The molecule has 3 nitrogen and oxygen atoms in total. The van der Waals surface area contributed by atoms with Gasteiger partial charge in [-0.05, 0) is 43.2 Å². The Bertz CT molecular complexity index is 567. The maximum absolute atomic E-state index is 9.61. The van der Waals surface area contributed by atoms with Crippen LogP contribution >= 0.6 is 0 Å². The topological polar surface area (TPSA) is 51.2 Å². The zero-order valence-corrected chi connectivity index (χ0v) is 11.4. The Balaban J connectivity index is 1.91. The molecule has 3 N–H and O–H groups in total. The molecule has 1 atom stereocenters. The van der Waals surface area contributed by atoms with E-state index in [0.29, 0.717) is 5.92 Å². The van der Waals surface area contributed by atoms with Crippen LogP contribution in [0.25, 0.3) is 10.9 Å². The van der Waals surface area contributed by atoms with Crippen LogP contribution in [0.2, 0.25) is 0 Å². The number of hydrogen-bond acceptors (Lipinski definition) is 2. The van der Waals surface area contributed by atoms with Crippen molar-refractivity contribution in [1.82, 2.24) is 4.57 Å². The Morgan fingerprint density at radius 3 is 2.63 bits per heavy atom. The van der Waals surface area contributed by atoms with Crippen molar-refractivity contribution in [2.45, 2.75) is 37.8 Å². The second kappa shape index (κ2) is 4.99. The normalized spacial score (nSPS) is 25.6. The maximum Gasteiger partial charge on any atom is 0.0540 e. The summed E-state index contributed by atoms with van der Waals surface area (Å²) in [7, 11) is 2.07. The number of aromatic nitrogens is 1. The first-order chi connectivity index (χ1) is 9.16. The van der Waals surface area contributed by atoms with Gasteiger partial charge in [-0.15, -0.1) is 0 Å². The van der Waals surface area contributed by atoms with E-state index < -0.39 is 0 Å². The van der Waals surface area contributed by atoms with Gasteiger partial charge in [0.25, 0.3) is 0 Å². The largest absolute Gasteiger partial charge is 0.393 e. The van der Waals surface area contributed by atoms with E-state index in [2.05, 4.69) is 42.1 Å². The van der Waals surface area contributed by atoms with Crippen molar-refractivity contribution in [3.8, 4) is 0 Å². The lowest BCUT2D eigenvalue weighted by Crippen LogP contribution is -2.27. The standard InChI is InChI=1S/C16H22N2O/c1-18-10-14(13-4-2-3-5-15(13)18)16(17)11-6-8-12(19)9-7-11/h2-5,10-12,16,19H,6-9,17H2,1H3. The highest BCUT2D eigenvalue weighted by Gasteiger charge is 2.27. The molecule has 19 heavy (non-hydrogen) atoms. The molecule has 0 spiro atoms. The van der Waals surface area contributed by atoms with Gasteiger partial charge in [-0.25, -0.2) is 0 Å². The average Bonchev–Trinajstić information content (AvgIpc) is 2.77. The van der Waals surface area contributed by atoms with Gasteiger partial charge in [0.2, 0.25) is 0 Å². The number of nitrogens with zero attached hydrogens (tertiary/aromatic N) is 1. The zero-order valence-electron chi connectivity index (χ0n) is 11.4. The molecule has 0 radical (unpaired) electrons. The SMILES string of the molecule is Cn1cc(C(N)C2CCC(O)CC2)c2ccccc21. The van der Waals surface area contributed by atoms with Gasteiger partial charge >= 0.3 is 0 Å². The molecule has 102 valence electrons. The predicted molar refractivity (Wildman–Crippen MR) is 77.8 cm³/mol. The third-order valence-electron chi connectivity index (χ3n) is 4.54. The number of rotatable bonds is 2. The lowest BCUT2D eigenvalue weighted by atomic mass is 9.80. The van der Waals surface area contributed by atoms with Crippen molar-refractivity contribution in [2.75, 3.05) is 0 Å². The fourth-order valence-electron chi connectivity index (χ4n) is 3.35. The summed E-state index contributed by atoms with van der Waals surface area (Å²) in [5.41, 5.74) is 8.99. The van der Waals surface area contributed by atoms with E-state index in [0.717, 1.165) is 25.7 Å². The van der Waals surface area contributed by atoms with Gasteiger partial charge in [-0.1, -0.05) is 18.2 Å². The molecule has 1 aromatic carbocycles. The summed E-state index contributed by atoms with van der Waals surface area (Å²) in [5.74, 6) is 0.495. The van der Waals surface area contributed by atoms with E-state index >= 15 is 0 Å². The molecule has 3 heteroatoms. The Kier molecular flexibility index (Phi) is 3.33. The fraction of sp³-hybridized carbons (Fsp3) is 0.500. The summed E-state index contributed by atoms with van der Waals surface area (Å²) in [4.78, 5) is 0. The summed E-state index contributed by atoms with van der Waals surface area (Å²) >= 11 is 0. The second-order valence-corrected chi connectivity index (χ2v) is 5.81. The minimum atomic E-state index is -0.115. The Morgan fingerprint density at radius 1 is 1.21 bits per heavy atom. The fourth-order valence-corrected chi connectivity index (χ4v) is 3.35. The monoisotopic (exact) mass is 258 g/mol. The van der Waals surface area contributed by atoms with E-state index in [9.17, 15) is 5.11 Å². The van der Waals surface area contributed by atoms with E-state index in [4.69, 9.17) is 5.73 Å². The molecular formula is C16H22N2O. The maximum atomic E-state index is 9.61. The summed E-state index contributed by atoms with van der Waals surface area (Å²) < 4.78 is 2.15. The molecule has 1 unspecified atom stereocenters. The molecule has 0 saturated heterocycles. The predicted octanol–water partition coefficient (Wildman–Crippen LogP) is 2.73. The van der Waals surface area contributed by atoms with Crippen molar-refractivity contribution in [2.24, 2.45) is 18.7 Å². The molecular weight excluding hydrogens is 236 g/mol. The van der Waals surface area contributed by atoms with Crippen LogP contribution in [0.4, 0.5) is 0 Å². The van der Waals surface area contributed by atoms with Crippen molar-refractivity contribution >= 4 is 10.9 Å². The van der Waals surface area contributed by atoms with E-state index in [1.54, 1.807) is 0 Å². The van der Waals surface area contributed by atoms with Crippen LogP contribution in [-0.4, -0.2) is 15.8 Å². The van der Waals surface area contributed by atoms with Crippen LogP contribution in [0.1, 0.15) is 37.3 Å². The van der Waals surface area contributed by atoms with Crippen LogP contribution in [0.15, 0.2) is 30.5 Å². The molecule has 0 aliphatic heterocycles. The second-order valence-electron chi connectivity index (χ2n) is 5.81. The first kappa shape index (κ1) is 12.7. The molecule has 1 aliphatic rings. The molecule has 1 heterocycles. The number of aliphatic hydroxyl groups excluding tert-OH is 1. The van der Waals surface area contributed by atoms with Crippen molar-refractivity contribution in [1.29, 1.82) is 0 Å². The highest BCUT2D eigenvalue weighted by molar-refractivity contribution is 5.84. The van der Waals surface area contributed by atoms with Crippen LogP contribution < -0.4 is 5.73 Å². The van der Waals surface area contributed by atoms with Crippen LogP contribution in [-0.2, 0) is 7.05 Å².